The van der Waals surface area contributed by atoms with E-state index < -0.39 is 0 Å². The maximum atomic E-state index is 6.28. The summed E-state index contributed by atoms with van der Waals surface area (Å²) in [6, 6.07) is 8.80. The molecular weight excluding hydrogens is 236 g/mol. The van der Waals surface area contributed by atoms with Gasteiger partial charge in [-0.2, -0.15) is 10.2 Å². The fraction of sp³-hybridized carbons (Fsp3) is 0.467. The van der Waals surface area contributed by atoms with Crippen LogP contribution in [0, 0.1) is 0 Å². The number of anilines is 1. The molecule has 2 N–H and O–H groups in total. The first-order chi connectivity index (χ1) is 9.27. The summed E-state index contributed by atoms with van der Waals surface area (Å²) in [5.74, 6) is 0. The molecule has 1 aromatic carbocycles. The Balaban J connectivity index is 1.99. The second-order valence-electron chi connectivity index (χ2n) is 5.37. The van der Waals surface area contributed by atoms with E-state index in [2.05, 4.69) is 28.2 Å². The van der Waals surface area contributed by atoms with Gasteiger partial charge in [-0.05, 0) is 18.9 Å². The van der Waals surface area contributed by atoms with Gasteiger partial charge in [0.05, 0.1) is 17.4 Å². The summed E-state index contributed by atoms with van der Waals surface area (Å²) in [4.78, 5) is 2.29. The molecule has 0 aliphatic heterocycles. The van der Waals surface area contributed by atoms with Gasteiger partial charge in [-0.3, -0.25) is 0 Å². The van der Waals surface area contributed by atoms with Gasteiger partial charge in [0.1, 0.15) is 0 Å². The normalized spacial score (nSPS) is 23.5. The SMILES string of the molecule is CN(c1cnnc2ccccc12)C1CCCCC1N. The van der Waals surface area contributed by atoms with Crippen LogP contribution in [0.5, 0.6) is 0 Å². The van der Waals surface area contributed by atoms with Crippen LogP contribution in [-0.4, -0.2) is 29.3 Å². The molecule has 0 bridgehead atoms. The van der Waals surface area contributed by atoms with E-state index in [9.17, 15) is 0 Å². The lowest BCUT2D eigenvalue weighted by molar-refractivity contribution is 0.374. The Hall–Kier alpha value is -1.68. The van der Waals surface area contributed by atoms with Gasteiger partial charge in [-0.25, -0.2) is 0 Å². The summed E-state index contributed by atoms with van der Waals surface area (Å²) in [7, 11) is 2.12. The second-order valence-corrected chi connectivity index (χ2v) is 5.37. The fourth-order valence-electron chi connectivity index (χ4n) is 3.07. The Morgan fingerprint density at radius 3 is 2.84 bits per heavy atom. The highest BCUT2D eigenvalue weighted by Gasteiger charge is 2.26. The Morgan fingerprint density at radius 1 is 1.21 bits per heavy atom. The average molecular weight is 256 g/mol. The van der Waals surface area contributed by atoms with Crippen LogP contribution in [0.1, 0.15) is 25.7 Å². The molecule has 0 radical (unpaired) electrons. The van der Waals surface area contributed by atoms with Crippen LogP contribution in [0.15, 0.2) is 30.5 Å². The molecule has 1 aliphatic rings. The van der Waals surface area contributed by atoms with Crippen molar-refractivity contribution in [2.75, 3.05) is 11.9 Å². The van der Waals surface area contributed by atoms with Gasteiger partial charge in [-0.1, -0.05) is 31.0 Å². The number of nitrogens with zero attached hydrogens (tertiary/aromatic N) is 3. The third-order valence-corrected chi connectivity index (χ3v) is 4.18. The molecule has 0 amide bonds. The average Bonchev–Trinajstić information content (AvgIpc) is 2.46. The summed E-state index contributed by atoms with van der Waals surface area (Å²) < 4.78 is 0. The van der Waals surface area contributed by atoms with Gasteiger partial charge >= 0.3 is 0 Å². The first-order valence-electron chi connectivity index (χ1n) is 6.96. The van der Waals surface area contributed by atoms with Gasteiger partial charge in [-0.15, -0.1) is 0 Å². The van der Waals surface area contributed by atoms with Crippen molar-refractivity contribution in [3.63, 3.8) is 0 Å². The molecule has 4 nitrogen and oxygen atoms in total. The van der Waals surface area contributed by atoms with E-state index in [4.69, 9.17) is 5.73 Å². The van der Waals surface area contributed by atoms with E-state index in [0.29, 0.717) is 6.04 Å². The minimum atomic E-state index is 0.255. The van der Waals surface area contributed by atoms with E-state index >= 15 is 0 Å². The lowest BCUT2D eigenvalue weighted by atomic mass is 9.89. The molecule has 0 saturated heterocycles. The first-order valence-corrected chi connectivity index (χ1v) is 6.96. The van der Waals surface area contributed by atoms with Crippen LogP contribution in [0.3, 0.4) is 0 Å². The van der Waals surface area contributed by atoms with Gasteiger partial charge in [0.15, 0.2) is 0 Å². The highest BCUT2D eigenvalue weighted by Crippen LogP contribution is 2.29. The van der Waals surface area contributed by atoms with Crippen molar-refractivity contribution in [2.45, 2.75) is 37.8 Å². The van der Waals surface area contributed by atoms with Crippen molar-refractivity contribution in [3.05, 3.63) is 30.5 Å². The number of rotatable bonds is 2. The molecule has 4 heteroatoms. The zero-order valence-electron chi connectivity index (χ0n) is 11.3. The largest absolute Gasteiger partial charge is 0.368 e. The summed E-state index contributed by atoms with van der Waals surface area (Å²) in [6.07, 6.45) is 6.64. The number of fused-ring (bicyclic) bond motifs is 1. The molecule has 1 aliphatic carbocycles. The third kappa shape index (κ3) is 2.28. The number of aromatic nitrogens is 2. The molecule has 1 fully saturated rings. The molecule has 0 spiro atoms. The Bertz CT molecular complexity index is 564. The van der Waals surface area contributed by atoms with E-state index in [1.807, 2.05) is 24.4 Å². The summed E-state index contributed by atoms with van der Waals surface area (Å²) in [6.45, 7) is 0. The molecule has 1 saturated carbocycles. The monoisotopic (exact) mass is 256 g/mol. The smallest absolute Gasteiger partial charge is 0.0950 e. The van der Waals surface area contributed by atoms with Gasteiger partial charge < -0.3 is 10.6 Å². The van der Waals surface area contributed by atoms with Crippen molar-refractivity contribution in [1.82, 2.24) is 10.2 Å². The summed E-state index contributed by atoms with van der Waals surface area (Å²) in [5, 5.41) is 9.45. The molecular formula is C15H20N4. The third-order valence-electron chi connectivity index (χ3n) is 4.18. The first kappa shape index (κ1) is 12.4. The topological polar surface area (TPSA) is 55.0 Å². The zero-order valence-corrected chi connectivity index (χ0v) is 11.3. The van der Waals surface area contributed by atoms with Crippen LogP contribution in [0.2, 0.25) is 0 Å². The lowest BCUT2D eigenvalue weighted by Gasteiger charge is -2.37. The second kappa shape index (κ2) is 5.13. The molecule has 1 heterocycles. The van der Waals surface area contributed by atoms with Gasteiger partial charge in [0.25, 0.3) is 0 Å². The van der Waals surface area contributed by atoms with Crippen molar-refractivity contribution in [2.24, 2.45) is 5.73 Å². The van der Waals surface area contributed by atoms with Crippen molar-refractivity contribution in [3.8, 4) is 0 Å². The maximum absolute atomic E-state index is 6.28. The predicted octanol–water partition coefficient (Wildman–Crippen LogP) is 2.34. The van der Waals surface area contributed by atoms with E-state index in [0.717, 1.165) is 29.4 Å². The van der Waals surface area contributed by atoms with Gasteiger partial charge in [0.2, 0.25) is 0 Å². The number of likely N-dealkylation sites (N-methyl/N-ethyl adjacent to an activating group) is 1. The van der Waals surface area contributed by atoms with Crippen LogP contribution >= 0.6 is 0 Å². The molecule has 1 aromatic heterocycles. The number of hydrogen-bond donors (Lipinski definition) is 1. The summed E-state index contributed by atoms with van der Waals surface area (Å²) in [5.41, 5.74) is 8.36. The van der Waals surface area contributed by atoms with Crippen LogP contribution in [-0.2, 0) is 0 Å². The van der Waals surface area contributed by atoms with E-state index in [1.54, 1.807) is 0 Å². The minimum Gasteiger partial charge on any atom is -0.368 e. The van der Waals surface area contributed by atoms with Crippen LogP contribution < -0.4 is 10.6 Å². The molecule has 19 heavy (non-hydrogen) atoms. The van der Waals surface area contributed by atoms with E-state index in [1.165, 1.54) is 12.8 Å². The quantitative estimate of drug-likeness (QED) is 0.896. The lowest BCUT2D eigenvalue weighted by Crippen LogP contribution is -2.48. The van der Waals surface area contributed by atoms with Gasteiger partial charge in [0, 0.05) is 24.5 Å². The van der Waals surface area contributed by atoms with Crippen LogP contribution in [0.25, 0.3) is 10.9 Å². The van der Waals surface area contributed by atoms with E-state index in [-0.39, 0.29) is 6.04 Å². The highest BCUT2D eigenvalue weighted by molar-refractivity contribution is 5.90. The Kier molecular flexibility index (Phi) is 3.34. The van der Waals surface area contributed by atoms with Crippen molar-refractivity contribution in [1.29, 1.82) is 0 Å². The van der Waals surface area contributed by atoms with Crippen molar-refractivity contribution >= 4 is 16.6 Å². The van der Waals surface area contributed by atoms with Crippen LogP contribution in [0.4, 0.5) is 5.69 Å². The number of hydrogen-bond acceptors (Lipinski definition) is 4. The highest BCUT2D eigenvalue weighted by atomic mass is 15.2. The predicted molar refractivity (Wildman–Crippen MR) is 78.2 cm³/mol. The maximum Gasteiger partial charge on any atom is 0.0950 e. The molecule has 2 unspecified atom stereocenters. The zero-order chi connectivity index (χ0) is 13.2. The molecule has 3 rings (SSSR count). The molecule has 2 atom stereocenters. The fourth-order valence-corrected chi connectivity index (χ4v) is 3.07. The standard InChI is InChI=1S/C15H20N4/c1-19(14-9-5-3-7-12(14)16)15-10-17-18-13-8-4-2-6-11(13)15/h2,4,6,8,10,12,14H,3,5,7,9,16H2,1H3. The van der Waals surface area contributed by atoms with Crippen molar-refractivity contribution < 1.29 is 0 Å². The molecule has 100 valence electrons. The number of nitrogens with two attached hydrogens (primary N) is 1. The minimum absolute atomic E-state index is 0.255. The Morgan fingerprint density at radius 2 is 2.00 bits per heavy atom. The Labute approximate surface area is 113 Å². The molecule has 2 aromatic rings. The summed E-state index contributed by atoms with van der Waals surface area (Å²) >= 11 is 0. The number of benzene rings is 1.